The molecule has 1 heterocycles. The lowest BCUT2D eigenvalue weighted by atomic mass is 10.2. The van der Waals surface area contributed by atoms with Crippen LogP contribution in [-0.4, -0.2) is 71.1 Å². The Balaban J connectivity index is 2.06. The average molecular weight is 424 g/mol. The number of carbonyl (C=O) groups is 1. The van der Waals surface area contributed by atoms with E-state index in [1.807, 2.05) is 0 Å². The molecule has 1 aromatic rings. The first-order valence-corrected chi connectivity index (χ1v) is 10.3. The Labute approximate surface area is 162 Å². The third-order valence-corrected chi connectivity index (χ3v) is 6.74. The first-order chi connectivity index (χ1) is 13.1. The lowest BCUT2D eigenvalue weighted by molar-refractivity contribution is -0.917. The van der Waals surface area contributed by atoms with Gasteiger partial charge < -0.3 is 15.0 Å². The summed E-state index contributed by atoms with van der Waals surface area (Å²) in [6.45, 7) is 3.23. The first-order valence-electron chi connectivity index (χ1n) is 8.86. The fourth-order valence-electron chi connectivity index (χ4n) is 3.13. The van der Waals surface area contributed by atoms with Crippen LogP contribution in [0.1, 0.15) is 12.5 Å². The quantitative estimate of drug-likeness (QED) is 0.592. The number of methoxy groups -OCH3 is 1. The molecular formula is C17H25F3N3O4S+. The maximum absolute atomic E-state index is 13.2. The van der Waals surface area contributed by atoms with E-state index >= 15 is 0 Å². The maximum Gasteiger partial charge on any atom is 0.417 e. The van der Waals surface area contributed by atoms with Gasteiger partial charge in [0.2, 0.25) is 10.0 Å². The van der Waals surface area contributed by atoms with Crippen molar-refractivity contribution < 1.29 is 36.0 Å². The number of ether oxygens (including phenoxy) is 1. The summed E-state index contributed by atoms with van der Waals surface area (Å²) < 4.78 is 71.0. The van der Waals surface area contributed by atoms with Crippen molar-refractivity contribution in [3.63, 3.8) is 0 Å². The molecule has 158 valence electrons. The van der Waals surface area contributed by atoms with Crippen LogP contribution < -0.4 is 10.2 Å². The van der Waals surface area contributed by atoms with Gasteiger partial charge in [0.15, 0.2) is 6.04 Å². The van der Waals surface area contributed by atoms with Crippen molar-refractivity contribution >= 4 is 15.9 Å². The van der Waals surface area contributed by atoms with Gasteiger partial charge in [0.25, 0.3) is 5.91 Å². The summed E-state index contributed by atoms with van der Waals surface area (Å²) >= 11 is 0. The molecule has 1 aliphatic heterocycles. The number of quaternary nitrogens is 1. The summed E-state index contributed by atoms with van der Waals surface area (Å²) in [6.07, 6.45) is -4.76. The van der Waals surface area contributed by atoms with Crippen molar-refractivity contribution in [2.45, 2.75) is 24.0 Å². The molecule has 1 atom stereocenters. The second-order valence-electron chi connectivity index (χ2n) is 6.56. The van der Waals surface area contributed by atoms with Crippen molar-refractivity contribution in [3.05, 3.63) is 29.8 Å². The molecule has 0 aliphatic carbocycles. The number of alkyl halides is 3. The molecule has 28 heavy (non-hydrogen) atoms. The molecule has 0 unspecified atom stereocenters. The number of hydrogen-bond donors (Lipinski definition) is 2. The topological polar surface area (TPSA) is 80.2 Å². The lowest BCUT2D eigenvalue weighted by Crippen LogP contribution is -3.19. The van der Waals surface area contributed by atoms with Gasteiger partial charge in [-0.1, -0.05) is 12.1 Å². The van der Waals surface area contributed by atoms with Gasteiger partial charge in [-0.05, 0) is 19.1 Å². The van der Waals surface area contributed by atoms with E-state index in [0.29, 0.717) is 26.2 Å². The van der Waals surface area contributed by atoms with E-state index in [4.69, 9.17) is 4.74 Å². The number of rotatable bonds is 7. The molecule has 1 saturated heterocycles. The molecule has 1 fully saturated rings. The van der Waals surface area contributed by atoms with Gasteiger partial charge in [-0.25, -0.2) is 8.42 Å². The van der Waals surface area contributed by atoms with Crippen LogP contribution in [-0.2, 0) is 25.7 Å². The second-order valence-corrected chi connectivity index (χ2v) is 8.47. The largest absolute Gasteiger partial charge is 0.417 e. The average Bonchev–Trinajstić information content (AvgIpc) is 2.67. The molecule has 1 aliphatic rings. The first kappa shape index (κ1) is 22.6. The highest BCUT2D eigenvalue weighted by molar-refractivity contribution is 7.89. The number of nitrogens with one attached hydrogen (secondary N) is 2. The van der Waals surface area contributed by atoms with Crippen molar-refractivity contribution in [2.75, 3.05) is 46.4 Å². The lowest BCUT2D eigenvalue weighted by Gasteiger charge is -2.34. The van der Waals surface area contributed by atoms with Crippen LogP contribution in [0, 0.1) is 0 Å². The molecule has 0 radical (unpaired) electrons. The number of sulfonamides is 1. The van der Waals surface area contributed by atoms with Crippen LogP contribution in [0.25, 0.3) is 0 Å². The number of benzene rings is 1. The highest BCUT2D eigenvalue weighted by Crippen LogP contribution is 2.35. The summed E-state index contributed by atoms with van der Waals surface area (Å²) in [5, 5.41) is 2.73. The molecule has 2 N–H and O–H groups in total. The number of amides is 1. The van der Waals surface area contributed by atoms with Crippen LogP contribution in [0.15, 0.2) is 29.2 Å². The second kappa shape index (κ2) is 9.21. The van der Waals surface area contributed by atoms with Crippen molar-refractivity contribution in [1.82, 2.24) is 9.62 Å². The summed E-state index contributed by atoms with van der Waals surface area (Å²) in [6, 6.07) is 3.78. The Morgan fingerprint density at radius 1 is 1.29 bits per heavy atom. The minimum atomic E-state index is -4.76. The van der Waals surface area contributed by atoms with Crippen LogP contribution in [0.5, 0.6) is 0 Å². The fourth-order valence-corrected chi connectivity index (χ4v) is 4.78. The third kappa shape index (κ3) is 5.22. The third-order valence-electron chi connectivity index (χ3n) is 4.79. The Bertz CT molecular complexity index is 778. The van der Waals surface area contributed by atoms with E-state index in [1.54, 1.807) is 6.92 Å². The van der Waals surface area contributed by atoms with Crippen LogP contribution >= 0.6 is 0 Å². The summed E-state index contributed by atoms with van der Waals surface area (Å²) in [4.78, 5) is 12.3. The Morgan fingerprint density at radius 3 is 2.46 bits per heavy atom. The molecule has 0 saturated carbocycles. The Kier molecular flexibility index (Phi) is 7.43. The van der Waals surface area contributed by atoms with Crippen LogP contribution in [0.4, 0.5) is 13.2 Å². The fraction of sp³-hybridized carbons (Fsp3) is 0.588. The molecule has 0 aromatic heterocycles. The zero-order chi connectivity index (χ0) is 20.9. The summed E-state index contributed by atoms with van der Waals surface area (Å²) in [7, 11) is -2.75. The number of hydrogen-bond acceptors (Lipinski definition) is 4. The standard InChI is InChI=1S/C17H24F3N3O4S/c1-13(16(24)21-7-12-27-2)22-8-10-23(11-9-22)28(25,26)15-6-4-3-5-14(15)17(18,19)20/h3-6,13H,7-12H2,1-2H3,(H,21,24)/p+1/t13-/m0/s1. The van der Waals surface area contributed by atoms with Crippen molar-refractivity contribution in [2.24, 2.45) is 0 Å². The van der Waals surface area contributed by atoms with Gasteiger partial charge in [0.05, 0.1) is 43.2 Å². The van der Waals surface area contributed by atoms with Gasteiger partial charge in [-0.15, -0.1) is 0 Å². The summed E-state index contributed by atoms with van der Waals surface area (Å²) in [5.74, 6) is -0.175. The molecule has 1 amide bonds. The van der Waals surface area contributed by atoms with Gasteiger partial charge in [0, 0.05) is 13.7 Å². The van der Waals surface area contributed by atoms with E-state index in [1.165, 1.54) is 13.2 Å². The Morgan fingerprint density at radius 2 is 1.89 bits per heavy atom. The molecule has 2 rings (SSSR count). The van der Waals surface area contributed by atoms with Crippen molar-refractivity contribution in [1.29, 1.82) is 0 Å². The zero-order valence-corrected chi connectivity index (χ0v) is 16.6. The van der Waals surface area contributed by atoms with Crippen molar-refractivity contribution in [3.8, 4) is 0 Å². The maximum atomic E-state index is 13.2. The zero-order valence-electron chi connectivity index (χ0n) is 15.8. The number of carbonyl (C=O) groups excluding carboxylic acids is 1. The van der Waals surface area contributed by atoms with Gasteiger partial charge in [-0.2, -0.15) is 17.5 Å². The smallest absolute Gasteiger partial charge is 0.383 e. The number of piperazine rings is 1. The highest BCUT2D eigenvalue weighted by atomic mass is 32.2. The molecule has 7 nitrogen and oxygen atoms in total. The SMILES string of the molecule is COCCNC(=O)[C@H](C)[NH+]1CCN(S(=O)(=O)c2ccccc2C(F)(F)F)CC1. The normalized spacial score (nSPS) is 18.0. The van der Waals surface area contributed by atoms with Gasteiger partial charge in [-0.3, -0.25) is 4.79 Å². The molecule has 11 heteroatoms. The van der Waals surface area contributed by atoms with E-state index in [0.717, 1.165) is 27.4 Å². The van der Waals surface area contributed by atoms with Crippen LogP contribution in [0.3, 0.4) is 0 Å². The predicted octanol–water partition coefficient (Wildman–Crippen LogP) is -0.254. The molecular weight excluding hydrogens is 399 g/mol. The monoisotopic (exact) mass is 424 g/mol. The van der Waals surface area contributed by atoms with Crippen LogP contribution in [0.2, 0.25) is 0 Å². The van der Waals surface area contributed by atoms with Gasteiger partial charge in [0.1, 0.15) is 0 Å². The number of nitrogens with zero attached hydrogens (tertiary/aromatic N) is 1. The van der Waals surface area contributed by atoms with E-state index in [2.05, 4.69) is 5.32 Å². The van der Waals surface area contributed by atoms with Gasteiger partial charge >= 0.3 is 6.18 Å². The molecule has 0 bridgehead atoms. The molecule has 1 aromatic carbocycles. The Hall–Kier alpha value is -1.69. The number of halogens is 3. The summed E-state index contributed by atoms with van der Waals surface area (Å²) in [5.41, 5.74) is -1.17. The van der Waals surface area contributed by atoms with E-state index in [-0.39, 0.29) is 19.0 Å². The van der Waals surface area contributed by atoms with E-state index in [9.17, 15) is 26.4 Å². The minimum absolute atomic E-state index is 0.0412. The highest BCUT2D eigenvalue weighted by Gasteiger charge is 2.40. The minimum Gasteiger partial charge on any atom is -0.383 e. The molecule has 0 spiro atoms. The predicted molar refractivity (Wildman–Crippen MR) is 95.2 cm³/mol. The van der Waals surface area contributed by atoms with E-state index < -0.39 is 32.7 Å².